The molecule has 0 aromatic heterocycles. The van der Waals surface area contributed by atoms with Crippen LogP contribution in [-0.2, 0) is 9.59 Å². The molecule has 4 rings (SSSR count). The lowest BCUT2D eigenvalue weighted by molar-refractivity contribution is -0.129. The van der Waals surface area contributed by atoms with E-state index in [0.717, 1.165) is 4.90 Å². The number of rotatable bonds is 2. The number of aromatic carboxylic acids is 1. The van der Waals surface area contributed by atoms with Crippen LogP contribution in [0.3, 0.4) is 0 Å². The number of carboxylic acid groups (broad SMARTS) is 1. The van der Waals surface area contributed by atoms with Gasteiger partial charge in [-0.2, -0.15) is 0 Å². The van der Waals surface area contributed by atoms with E-state index in [0.29, 0.717) is 12.1 Å². The molecule has 1 saturated heterocycles. The molecule has 2 bridgehead atoms. The van der Waals surface area contributed by atoms with Gasteiger partial charge in [0.1, 0.15) is 0 Å². The van der Waals surface area contributed by atoms with Gasteiger partial charge in [0.25, 0.3) is 0 Å². The summed E-state index contributed by atoms with van der Waals surface area (Å²) in [4.78, 5) is 37.3. The summed E-state index contributed by atoms with van der Waals surface area (Å²) in [6.07, 6.45) is -1.44. The first kappa shape index (κ1) is 14.3. The standard InChI is InChI=1S/C16H15NO6/c18-12-8-5-9(13(12)19)11-10(8)14(20)17(15(11)21)7-3-1-6(2-4-7)16(22)23/h1-4,8-13,18-19H,5H2,(H,22,23)/t8-,9+,10-,11-,12-,13-/m0/s1. The van der Waals surface area contributed by atoms with Crippen molar-refractivity contribution >= 4 is 23.5 Å². The third-order valence-corrected chi connectivity index (χ3v) is 5.46. The summed E-state index contributed by atoms with van der Waals surface area (Å²) in [6.45, 7) is 0. The lowest BCUT2D eigenvalue weighted by Gasteiger charge is -2.29. The maximum atomic E-state index is 12.7. The normalized spacial score (nSPS) is 38.3. The van der Waals surface area contributed by atoms with E-state index in [-0.39, 0.29) is 29.2 Å². The van der Waals surface area contributed by atoms with Gasteiger partial charge in [-0.1, -0.05) is 0 Å². The molecule has 0 spiro atoms. The number of aliphatic hydroxyl groups is 2. The van der Waals surface area contributed by atoms with E-state index in [4.69, 9.17) is 5.11 Å². The summed E-state index contributed by atoms with van der Waals surface area (Å²) < 4.78 is 0. The monoisotopic (exact) mass is 317 g/mol. The Morgan fingerprint density at radius 2 is 1.43 bits per heavy atom. The highest BCUT2D eigenvalue weighted by molar-refractivity contribution is 6.22. The van der Waals surface area contributed by atoms with Crippen LogP contribution in [0.2, 0.25) is 0 Å². The summed E-state index contributed by atoms with van der Waals surface area (Å²) in [5, 5.41) is 28.9. The molecule has 6 atom stereocenters. The largest absolute Gasteiger partial charge is 0.478 e. The summed E-state index contributed by atoms with van der Waals surface area (Å²) in [5.41, 5.74) is 0.390. The molecule has 7 nitrogen and oxygen atoms in total. The number of imide groups is 1. The molecule has 2 aliphatic carbocycles. The van der Waals surface area contributed by atoms with Crippen molar-refractivity contribution in [1.29, 1.82) is 0 Å². The smallest absolute Gasteiger partial charge is 0.335 e. The SMILES string of the molecule is O=C(O)c1ccc(N2C(=O)[C@H]3[C@@H]4C[C@@H]([C@H](O)[C@H]4O)[C@@H]3C2=O)cc1. The molecule has 120 valence electrons. The third kappa shape index (κ3) is 1.74. The van der Waals surface area contributed by atoms with Crippen LogP contribution in [-0.4, -0.2) is 45.3 Å². The van der Waals surface area contributed by atoms with E-state index < -0.39 is 30.0 Å². The Morgan fingerprint density at radius 3 is 1.87 bits per heavy atom. The van der Waals surface area contributed by atoms with Gasteiger partial charge >= 0.3 is 5.97 Å². The van der Waals surface area contributed by atoms with Gasteiger partial charge in [-0.15, -0.1) is 0 Å². The minimum Gasteiger partial charge on any atom is -0.478 e. The molecule has 2 saturated carbocycles. The molecule has 0 radical (unpaired) electrons. The summed E-state index contributed by atoms with van der Waals surface area (Å²) in [7, 11) is 0. The minimum atomic E-state index is -1.09. The Bertz CT molecular complexity index is 682. The first-order valence-electron chi connectivity index (χ1n) is 7.49. The zero-order valence-electron chi connectivity index (χ0n) is 12.0. The summed E-state index contributed by atoms with van der Waals surface area (Å²) >= 11 is 0. The highest BCUT2D eigenvalue weighted by Crippen LogP contribution is 2.56. The first-order chi connectivity index (χ1) is 10.9. The van der Waals surface area contributed by atoms with Crippen LogP contribution in [0.5, 0.6) is 0 Å². The van der Waals surface area contributed by atoms with E-state index in [1.165, 1.54) is 24.3 Å². The molecule has 7 heteroatoms. The van der Waals surface area contributed by atoms with Crippen LogP contribution in [0.4, 0.5) is 5.69 Å². The van der Waals surface area contributed by atoms with Crippen LogP contribution < -0.4 is 4.90 Å². The minimum absolute atomic E-state index is 0.0685. The highest BCUT2D eigenvalue weighted by atomic mass is 16.4. The second kappa shape index (κ2) is 4.62. The van der Waals surface area contributed by atoms with Crippen LogP contribution in [0, 0.1) is 23.7 Å². The van der Waals surface area contributed by atoms with Gasteiger partial charge in [0, 0.05) is 11.8 Å². The molecule has 3 fully saturated rings. The number of aliphatic hydroxyl groups excluding tert-OH is 2. The van der Waals surface area contributed by atoms with Gasteiger partial charge in [0.05, 0.1) is 35.3 Å². The molecule has 23 heavy (non-hydrogen) atoms. The van der Waals surface area contributed by atoms with Crippen molar-refractivity contribution in [3.8, 4) is 0 Å². The van der Waals surface area contributed by atoms with Gasteiger partial charge in [-0.3, -0.25) is 14.5 Å². The molecular formula is C16H15NO6. The number of fused-ring (bicyclic) bond motifs is 5. The highest BCUT2D eigenvalue weighted by Gasteiger charge is 2.67. The molecule has 3 aliphatic rings. The fraction of sp³-hybridized carbons (Fsp3) is 0.438. The Balaban J connectivity index is 1.68. The topological polar surface area (TPSA) is 115 Å². The lowest BCUT2D eigenvalue weighted by atomic mass is 9.78. The fourth-order valence-corrected chi connectivity index (χ4v) is 4.44. The number of hydrogen-bond donors (Lipinski definition) is 3. The van der Waals surface area contributed by atoms with Gasteiger partial charge < -0.3 is 15.3 Å². The second-order valence-corrected chi connectivity index (χ2v) is 6.46. The van der Waals surface area contributed by atoms with E-state index >= 15 is 0 Å². The number of benzene rings is 1. The number of carbonyl (C=O) groups excluding carboxylic acids is 2. The molecule has 3 N–H and O–H groups in total. The van der Waals surface area contributed by atoms with E-state index in [2.05, 4.69) is 0 Å². The Hall–Kier alpha value is -2.25. The molecular weight excluding hydrogens is 302 g/mol. The second-order valence-electron chi connectivity index (χ2n) is 6.46. The van der Waals surface area contributed by atoms with Crippen LogP contribution >= 0.6 is 0 Å². The summed E-state index contributed by atoms with van der Waals surface area (Å²) in [6, 6.07) is 5.53. The predicted molar refractivity (Wildman–Crippen MR) is 76.5 cm³/mol. The molecule has 1 aliphatic heterocycles. The number of nitrogens with zero attached hydrogens (tertiary/aromatic N) is 1. The maximum absolute atomic E-state index is 12.7. The predicted octanol–water partition coefficient (Wildman–Crippen LogP) is -0.138. The van der Waals surface area contributed by atoms with Crippen LogP contribution in [0.1, 0.15) is 16.8 Å². The van der Waals surface area contributed by atoms with Crippen molar-refractivity contribution in [1.82, 2.24) is 0 Å². The number of anilines is 1. The van der Waals surface area contributed by atoms with Crippen molar-refractivity contribution < 1.29 is 29.7 Å². The molecule has 1 aromatic rings. The average Bonchev–Trinajstić information content (AvgIpc) is 3.12. The van der Waals surface area contributed by atoms with Crippen molar-refractivity contribution in [3.05, 3.63) is 29.8 Å². The Labute approximate surface area is 131 Å². The average molecular weight is 317 g/mol. The van der Waals surface area contributed by atoms with Crippen molar-refractivity contribution in [2.75, 3.05) is 4.90 Å². The molecule has 2 amide bonds. The van der Waals surface area contributed by atoms with E-state index in [1.807, 2.05) is 0 Å². The maximum Gasteiger partial charge on any atom is 0.335 e. The number of carbonyl (C=O) groups is 3. The van der Waals surface area contributed by atoms with E-state index in [1.54, 1.807) is 0 Å². The molecule has 1 heterocycles. The van der Waals surface area contributed by atoms with Crippen molar-refractivity contribution in [2.45, 2.75) is 18.6 Å². The Kier molecular flexibility index (Phi) is 2.88. The zero-order valence-corrected chi connectivity index (χ0v) is 12.0. The summed E-state index contributed by atoms with van der Waals surface area (Å²) in [5.74, 6) is -3.80. The van der Waals surface area contributed by atoms with Gasteiger partial charge in [-0.25, -0.2) is 4.79 Å². The Morgan fingerprint density at radius 1 is 0.957 bits per heavy atom. The van der Waals surface area contributed by atoms with Crippen LogP contribution in [0.15, 0.2) is 24.3 Å². The van der Waals surface area contributed by atoms with Crippen molar-refractivity contribution in [2.24, 2.45) is 23.7 Å². The zero-order chi connectivity index (χ0) is 16.5. The fourth-order valence-electron chi connectivity index (χ4n) is 4.44. The molecule has 0 unspecified atom stereocenters. The number of carboxylic acids is 1. The number of amides is 2. The van der Waals surface area contributed by atoms with Crippen LogP contribution in [0.25, 0.3) is 0 Å². The van der Waals surface area contributed by atoms with Gasteiger partial charge in [0.15, 0.2) is 0 Å². The molecule has 1 aromatic carbocycles. The quantitative estimate of drug-likeness (QED) is 0.654. The van der Waals surface area contributed by atoms with Gasteiger partial charge in [0.2, 0.25) is 11.8 Å². The lowest BCUT2D eigenvalue weighted by Crippen LogP contribution is -2.43. The third-order valence-electron chi connectivity index (χ3n) is 5.46. The first-order valence-corrected chi connectivity index (χ1v) is 7.49. The van der Waals surface area contributed by atoms with Crippen molar-refractivity contribution in [3.63, 3.8) is 0 Å². The number of hydrogen-bond acceptors (Lipinski definition) is 5. The van der Waals surface area contributed by atoms with Gasteiger partial charge in [-0.05, 0) is 30.7 Å². The van der Waals surface area contributed by atoms with E-state index in [9.17, 15) is 24.6 Å².